The van der Waals surface area contributed by atoms with E-state index in [4.69, 9.17) is 0 Å². The molecule has 4 rings (SSSR count). The predicted molar refractivity (Wildman–Crippen MR) is 109 cm³/mol. The summed E-state index contributed by atoms with van der Waals surface area (Å²) in [6.45, 7) is 6.25. The summed E-state index contributed by atoms with van der Waals surface area (Å²) in [5.74, 6) is -0.0452. The fourth-order valence-corrected chi connectivity index (χ4v) is 3.99. The van der Waals surface area contributed by atoms with Gasteiger partial charge in [-0.2, -0.15) is 0 Å². The zero-order chi connectivity index (χ0) is 18.1. The maximum Gasteiger partial charge on any atom is 0.256 e. The molecule has 1 aliphatic rings. The molecule has 1 aliphatic carbocycles. The minimum Gasteiger partial charge on any atom is -0.372 e. The van der Waals surface area contributed by atoms with Gasteiger partial charge in [0.25, 0.3) is 5.91 Å². The molecule has 0 aromatic heterocycles. The van der Waals surface area contributed by atoms with E-state index in [-0.39, 0.29) is 5.91 Å². The van der Waals surface area contributed by atoms with Crippen LogP contribution in [0, 0.1) is 0 Å². The predicted octanol–water partition coefficient (Wildman–Crippen LogP) is 5.04. The number of aryl methyl sites for hydroxylation is 2. The molecule has 0 aliphatic heterocycles. The summed E-state index contributed by atoms with van der Waals surface area (Å²) in [6, 6.07) is 18.5. The van der Waals surface area contributed by atoms with Crippen LogP contribution in [0.15, 0.2) is 54.6 Å². The minimum absolute atomic E-state index is 0.0452. The summed E-state index contributed by atoms with van der Waals surface area (Å²) in [5, 5.41) is 5.39. The third-order valence-corrected chi connectivity index (χ3v) is 5.38. The van der Waals surface area contributed by atoms with Gasteiger partial charge in [0.1, 0.15) is 0 Å². The van der Waals surface area contributed by atoms with Crippen molar-refractivity contribution < 1.29 is 4.79 Å². The van der Waals surface area contributed by atoms with Crippen molar-refractivity contribution in [2.24, 2.45) is 0 Å². The summed E-state index contributed by atoms with van der Waals surface area (Å²) in [7, 11) is 0. The molecule has 0 saturated carbocycles. The second kappa shape index (κ2) is 6.83. The maximum atomic E-state index is 12.9. The molecule has 0 bridgehead atoms. The lowest BCUT2D eigenvalue weighted by Crippen LogP contribution is -2.21. The van der Waals surface area contributed by atoms with Crippen LogP contribution >= 0.6 is 0 Å². The number of nitrogens with one attached hydrogen (secondary N) is 1. The van der Waals surface area contributed by atoms with Gasteiger partial charge in [-0.15, -0.1) is 0 Å². The van der Waals surface area contributed by atoms with Crippen LogP contribution in [0.4, 0.5) is 11.4 Å². The summed E-state index contributed by atoms with van der Waals surface area (Å²) < 4.78 is 0. The molecule has 0 radical (unpaired) electrons. The van der Waals surface area contributed by atoms with E-state index in [1.54, 1.807) is 0 Å². The van der Waals surface area contributed by atoms with Gasteiger partial charge in [0.2, 0.25) is 0 Å². The molecule has 3 aromatic rings. The highest BCUT2D eigenvalue weighted by atomic mass is 16.1. The van der Waals surface area contributed by atoms with Crippen LogP contribution in [0.3, 0.4) is 0 Å². The summed E-state index contributed by atoms with van der Waals surface area (Å²) in [4.78, 5) is 15.2. The van der Waals surface area contributed by atoms with Gasteiger partial charge in [0.05, 0.1) is 0 Å². The monoisotopic (exact) mass is 344 g/mol. The van der Waals surface area contributed by atoms with Gasteiger partial charge < -0.3 is 10.2 Å². The van der Waals surface area contributed by atoms with Gasteiger partial charge in [-0.1, -0.05) is 24.3 Å². The van der Waals surface area contributed by atoms with Crippen LogP contribution in [0.5, 0.6) is 0 Å². The molecule has 3 heteroatoms. The molecule has 132 valence electrons. The summed E-state index contributed by atoms with van der Waals surface area (Å²) >= 11 is 0. The number of anilines is 2. The van der Waals surface area contributed by atoms with E-state index in [0.717, 1.165) is 42.6 Å². The van der Waals surface area contributed by atoms with Crippen LogP contribution < -0.4 is 10.2 Å². The fourth-order valence-electron chi connectivity index (χ4n) is 3.99. The van der Waals surface area contributed by atoms with E-state index in [1.807, 2.05) is 18.2 Å². The first-order valence-corrected chi connectivity index (χ1v) is 9.41. The molecule has 3 aromatic carbocycles. The van der Waals surface area contributed by atoms with Gasteiger partial charge in [0.15, 0.2) is 0 Å². The summed E-state index contributed by atoms with van der Waals surface area (Å²) in [6.07, 6.45) is 2.15. The standard InChI is InChI=1S/C23H24N2O/c1-3-25(4-2)19-13-11-18(12-14-19)24-23(26)21-15-10-17-9-8-16-6-5-7-20(21)22(16)17/h5-7,10-15H,3-4,8-9H2,1-2H3,(H,24,26). The molecule has 0 fully saturated rings. The van der Waals surface area contributed by atoms with Crippen molar-refractivity contribution in [1.82, 2.24) is 0 Å². The largest absolute Gasteiger partial charge is 0.372 e. The molecule has 3 nitrogen and oxygen atoms in total. The van der Waals surface area contributed by atoms with Gasteiger partial charge in [-0.05, 0) is 78.9 Å². The van der Waals surface area contributed by atoms with Crippen LogP contribution in [0.1, 0.15) is 35.3 Å². The Labute approximate surface area is 154 Å². The van der Waals surface area contributed by atoms with E-state index >= 15 is 0 Å². The quantitative estimate of drug-likeness (QED) is 0.703. The number of hydrogen-bond donors (Lipinski definition) is 1. The first-order chi connectivity index (χ1) is 12.7. The Balaban J connectivity index is 1.61. The SMILES string of the molecule is CCN(CC)c1ccc(NC(=O)c2ccc3c4c(cccc24)CC3)cc1. The van der Waals surface area contributed by atoms with Crippen LogP contribution in [0.2, 0.25) is 0 Å². The molecule has 26 heavy (non-hydrogen) atoms. The van der Waals surface area contributed by atoms with Crippen LogP contribution in [0.25, 0.3) is 10.8 Å². The Morgan fingerprint density at radius 1 is 0.923 bits per heavy atom. The Hall–Kier alpha value is -2.81. The second-order valence-electron chi connectivity index (χ2n) is 6.79. The van der Waals surface area contributed by atoms with Crippen molar-refractivity contribution in [2.75, 3.05) is 23.3 Å². The van der Waals surface area contributed by atoms with Gasteiger partial charge in [-0.25, -0.2) is 0 Å². The third kappa shape index (κ3) is 2.84. The third-order valence-electron chi connectivity index (χ3n) is 5.38. The van der Waals surface area contributed by atoms with Crippen molar-refractivity contribution >= 4 is 28.1 Å². The number of benzene rings is 3. The van der Waals surface area contributed by atoms with Crippen molar-refractivity contribution in [1.29, 1.82) is 0 Å². The molecular formula is C23H24N2O. The normalized spacial score (nSPS) is 12.4. The molecule has 1 amide bonds. The van der Waals surface area contributed by atoms with Gasteiger partial charge in [0, 0.05) is 30.0 Å². The number of carbonyl (C=O) groups is 1. The molecule has 0 unspecified atom stereocenters. The van der Waals surface area contributed by atoms with E-state index in [9.17, 15) is 4.79 Å². The molecule has 0 saturated heterocycles. The number of carbonyl (C=O) groups excluding carboxylic acids is 1. The fraction of sp³-hybridized carbons (Fsp3) is 0.261. The van der Waals surface area contributed by atoms with Crippen LogP contribution in [-0.2, 0) is 12.8 Å². The van der Waals surface area contributed by atoms with Crippen molar-refractivity contribution in [2.45, 2.75) is 26.7 Å². The first kappa shape index (κ1) is 16.6. The van der Waals surface area contributed by atoms with E-state index in [2.05, 4.69) is 60.5 Å². The number of hydrogen-bond acceptors (Lipinski definition) is 2. The lowest BCUT2D eigenvalue weighted by Gasteiger charge is -2.21. The minimum atomic E-state index is -0.0452. The molecule has 0 atom stereocenters. The Kier molecular flexibility index (Phi) is 4.37. The number of amides is 1. The van der Waals surface area contributed by atoms with Crippen molar-refractivity contribution in [3.8, 4) is 0 Å². The average molecular weight is 344 g/mol. The maximum absolute atomic E-state index is 12.9. The smallest absolute Gasteiger partial charge is 0.256 e. The van der Waals surface area contributed by atoms with E-state index < -0.39 is 0 Å². The highest BCUT2D eigenvalue weighted by Crippen LogP contribution is 2.33. The zero-order valence-corrected chi connectivity index (χ0v) is 15.4. The lowest BCUT2D eigenvalue weighted by atomic mass is 9.99. The molecule has 0 heterocycles. The molecule has 0 spiro atoms. The van der Waals surface area contributed by atoms with Crippen molar-refractivity contribution in [3.63, 3.8) is 0 Å². The Morgan fingerprint density at radius 2 is 1.62 bits per heavy atom. The van der Waals surface area contributed by atoms with E-state index in [1.165, 1.54) is 22.2 Å². The molecular weight excluding hydrogens is 320 g/mol. The molecule has 1 N–H and O–H groups in total. The van der Waals surface area contributed by atoms with Gasteiger partial charge in [-0.3, -0.25) is 4.79 Å². The Bertz CT molecular complexity index is 946. The lowest BCUT2D eigenvalue weighted by molar-refractivity contribution is 0.102. The van der Waals surface area contributed by atoms with Crippen molar-refractivity contribution in [3.05, 3.63) is 71.3 Å². The summed E-state index contributed by atoms with van der Waals surface area (Å²) in [5.41, 5.74) is 5.47. The highest BCUT2D eigenvalue weighted by molar-refractivity contribution is 6.14. The first-order valence-electron chi connectivity index (χ1n) is 9.41. The number of nitrogens with zero attached hydrogens (tertiary/aromatic N) is 1. The zero-order valence-electron chi connectivity index (χ0n) is 15.4. The average Bonchev–Trinajstić information content (AvgIpc) is 3.09. The highest BCUT2D eigenvalue weighted by Gasteiger charge is 2.18. The van der Waals surface area contributed by atoms with E-state index in [0.29, 0.717) is 0 Å². The Morgan fingerprint density at radius 3 is 2.31 bits per heavy atom. The van der Waals surface area contributed by atoms with Gasteiger partial charge >= 0.3 is 0 Å². The second-order valence-corrected chi connectivity index (χ2v) is 6.79. The number of rotatable bonds is 5. The van der Waals surface area contributed by atoms with Crippen LogP contribution in [-0.4, -0.2) is 19.0 Å². The topological polar surface area (TPSA) is 32.3 Å².